The first kappa shape index (κ1) is 18.3. The predicted octanol–water partition coefficient (Wildman–Crippen LogP) is 3.32. The average Bonchev–Trinajstić information content (AvgIpc) is 3.18. The van der Waals surface area contributed by atoms with E-state index in [0.717, 1.165) is 0 Å². The van der Waals surface area contributed by atoms with Gasteiger partial charge in [-0.25, -0.2) is 14.1 Å². The van der Waals surface area contributed by atoms with Crippen LogP contribution < -0.4 is 10.9 Å². The van der Waals surface area contributed by atoms with Gasteiger partial charge in [-0.1, -0.05) is 18.2 Å². The molecule has 0 unspecified atom stereocenters. The molecule has 0 saturated carbocycles. The van der Waals surface area contributed by atoms with E-state index in [1.165, 1.54) is 22.9 Å². The lowest BCUT2D eigenvalue weighted by Crippen LogP contribution is -2.13. The number of anilines is 1. The van der Waals surface area contributed by atoms with Crippen LogP contribution in [0.2, 0.25) is 0 Å². The number of benzene rings is 2. The van der Waals surface area contributed by atoms with Crippen LogP contribution in [0.25, 0.3) is 17.1 Å². The minimum atomic E-state index is -0.414. The maximum absolute atomic E-state index is 13.4. The number of aryl methyl sites for hydroxylation is 1. The van der Waals surface area contributed by atoms with E-state index in [9.17, 15) is 14.0 Å². The van der Waals surface area contributed by atoms with Gasteiger partial charge in [0.2, 0.25) is 0 Å². The van der Waals surface area contributed by atoms with Crippen LogP contribution in [0.4, 0.5) is 10.1 Å². The second kappa shape index (κ2) is 7.51. The number of hydrogen-bond acceptors (Lipinski definition) is 4. The predicted molar refractivity (Wildman–Crippen MR) is 107 cm³/mol. The first-order valence-corrected chi connectivity index (χ1v) is 8.79. The molecule has 4 rings (SSSR count). The molecule has 29 heavy (non-hydrogen) atoms. The molecular formula is C21H16FN5O2. The summed E-state index contributed by atoms with van der Waals surface area (Å²) in [4.78, 5) is 31.2. The van der Waals surface area contributed by atoms with Crippen LogP contribution in [-0.4, -0.2) is 25.7 Å². The Morgan fingerprint density at radius 3 is 2.72 bits per heavy atom. The zero-order valence-corrected chi connectivity index (χ0v) is 15.4. The molecule has 0 aliphatic rings. The first-order valence-electron chi connectivity index (χ1n) is 8.79. The monoisotopic (exact) mass is 389 g/mol. The highest BCUT2D eigenvalue weighted by atomic mass is 19.1. The van der Waals surface area contributed by atoms with Crippen LogP contribution in [0.15, 0.2) is 71.7 Å². The van der Waals surface area contributed by atoms with Gasteiger partial charge in [0.05, 0.1) is 5.69 Å². The van der Waals surface area contributed by atoms with E-state index < -0.39 is 5.91 Å². The summed E-state index contributed by atoms with van der Waals surface area (Å²) in [5.41, 5.74) is 2.24. The molecule has 1 amide bonds. The summed E-state index contributed by atoms with van der Waals surface area (Å²) in [5, 5.41) is 6.96. The van der Waals surface area contributed by atoms with Crippen molar-refractivity contribution in [3.05, 3.63) is 94.4 Å². The number of carbonyl (C=O) groups is 1. The topological polar surface area (TPSA) is 92.7 Å². The summed E-state index contributed by atoms with van der Waals surface area (Å²) in [7, 11) is 0. The summed E-state index contributed by atoms with van der Waals surface area (Å²) in [6, 6.07) is 15.8. The summed E-state index contributed by atoms with van der Waals surface area (Å²) >= 11 is 0. The van der Waals surface area contributed by atoms with E-state index in [1.54, 1.807) is 55.6 Å². The lowest BCUT2D eigenvalue weighted by Gasteiger charge is -2.07. The molecule has 2 heterocycles. The number of aromatic nitrogens is 4. The van der Waals surface area contributed by atoms with Crippen molar-refractivity contribution >= 4 is 11.6 Å². The van der Waals surface area contributed by atoms with Crippen molar-refractivity contribution in [3.63, 3.8) is 0 Å². The van der Waals surface area contributed by atoms with E-state index in [1.807, 2.05) is 0 Å². The molecule has 2 aromatic carbocycles. The van der Waals surface area contributed by atoms with Crippen molar-refractivity contribution < 1.29 is 9.18 Å². The lowest BCUT2D eigenvalue weighted by atomic mass is 10.2. The fourth-order valence-corrected chi connectivity index (χ4v) is 2.86. The van der Waals surface area contributed by atoms with Gasteiger partial charge in [0.1, 0.15) is 11.6 Å². The van der Waals surface area contributed by atoms with Crippen LogP contribution >= 0.6 is 0 Å². The van der Waals surface area contributed by atoms with Crippen molar-refractivity contribution in [1.29, 1.82) is 0 Å². The molecule has 2 N–H and O–H groups in total. The number of hydrogen-bond donors (Lipinski definition) is 2. The number of amides is 1. The number of halogens is 1. The molecule has 0 spiro atoms. The zero-order chi connectivity index (χ0) is 20.4. The van der Waals surface area contributed by atoms with Crippen molar-refractivity contribution in [1.82, 2.24) is 19.7 Å². The minimum absolute atomic E-state index is 0.182. The number of carbonyl (C=O) groups excluding carboxylic acids is 1. The SMILES string of the molecule is Cc1cc(=O)[nH]c(-c2cccc(NC(=O)c3ccn(-c4cccc(F)c4)n3)c2)n1. The fourth-order valence-electron chi connectivity index (χ4n) is 2.86. The van der Waals surface area contributed by atoms with Crippen LogP contribution in [0, 0.1) is 12.7 Å². The molecule has 0 aliphatic carbocycles. The summed E-state index contributed by atoms with van der Waals surface area (Å²) in [6.45, 7) is 1.74. The van der Waals surface area contributed by atoms with E-state index >= 15 is 0 Å². The fraction of sp³-hybridized carbons (Fsp3) is 0.0476. The quantitative estimate of drug-likeness (QED) is 0.560. The molecule has 0 bridgehead atoms. The highest BCUT2D eigenvalue weighted by molar-refractivity contribution is 6.03. The number of nitrogens with one attached hydrogen (secondary N) is 2. The molecule has 0 aliphatic heterocycles. The van der Waals surface area contributed by atoms with Gasteiger partial charge < -0.3 is 10.3 Å². The van der Waals surface area contributed by atoms with Crippen LogP contribution in [0.5, 0.6) is 0 Å². The molecule has 0 atom stereocenters. The molecule has 0 saturated heterocycles. The normalized spacial score (nSPS) is 10.7. The van der Waals surface area contributed by atoms with Gasteiger partial charge in [0.25, 0.3) is 11.5 Å². The maximum Gasteiger partial charge on any atom is 0.276 e. The average molecular weight is 389 g/mol. The molecular weight excluding hydrogens is 373 g/mol. The largest absolute Gasteiger partial charge is 0.321 e. The standard InChI is InChI=1S/C21H16FN5O2/c1-13-10-19(28)25-20(23-13)14-4-2-6-16(11-14)24-21(29)18-8-9-27(26-18)17-7-3-5-15(22)12-17/h2-12H,1H3,(H,24,29)(H,23,25,28). The second-order valence-corrected chi connectivity index (χ2v) is 6.40. The highest BCUT2D eigenvalue weighted by Crippen LogP contribution is 2.19. The van der Waals surface area contributed by atoms with Gasteiger partial charge in [-0.15, -0.1) is 0 Å². The molecule has 0 radical (unpaired) electrons. The van der Waals surface area contributed by atoms with Gasteiger partial charge in [0.15, 0.2) is 5.69 Å². The Balaban J connectivity index is 1.55. The molecule has 4 aromatic rings. The number of nitrogens with zero attached hydrogens (tertiary/aromatic N) is 3. The molecule has 0 fully saturated rings. The van der Waals surface area contributed by atoms with Crippen molar-refractivity contribution in [2.24, 2.45) is 0 Å². The number of aromatic amines is 1. The van der Waals surface area contributed by atoms with E-state index in [4.69, 9.17) is 0 Å². The summed E-state index contributed by atoms with van der Waals surface area (Å²) < 4.78 is 14.8. The zero-order valence-electron chi connectivity index (χ0n) is 15.4. The van der Waals surface area contributed by atoms with Gasteiger partial charge in [-0.05, 0) is 43.3 Å². The third kappa shape index (κ3) is 4.11. The molecule has 8 heteroatoms. The Morgan fingerprint density at radius 1 is 1.10 bits per heavy atom. The lowest BCUT2D eigenvalue weighted by molar-refractivity contribution is 0.102. The Kier molecular flexibility index (Phi) is 4.74. The molecule has 7 nitrogen and oxygen atoms in total. The van der Waals surface area contributed by atoms with E-state index in [-0.39, 0.29) is 17.1 Å². The Hall–Kier alpha value is -4.07. The van der Waals surface area contributed by atoms with Crippen LogP contribution in [0.1, 0.15) is 16.2 Å². The van der Waals surface area contributed by atoms with Crippen LogP contribution in [0.3, 0.4) is 0 Å². The van der Waals surface area contributed by atoms with Crippen molar-refractivity contribution in [3.8, 4) is 17.1 Å². The minimum Gasteiger partial charge on any atom is -0.321 e. The Bertz CT molecular complexity index is 1260. The van der Waals surface area contributed by atoms with E-state index in [2.05, 4.69) is 20.4 Å². The molecule has 144 valence electrons. The third-order valence-corrected chi connectivity index (χ3v) is 4.16. The number of H-pyrrole nitrogens is 1. The van der Waals surface area contributed by atoms with Crippen molar-refractivity contribution in [2.75, 3.05) is 5.32 Å². The third-order valence-electron chi connectivity index (χ3n) is 4.16. The maximum atomic E-state index is 13.4. The van der Waals surface area contributed by atoms with Gasteiger partial charge in [-0.2, -0.15) is 5.10 Å². The van der Waals surface area contributed by atoms with Crippen LogP contribution in [-0.2, 0) is 0 Å². The van der Waals surface area contributed by atoms with E-state index in [0.29, 0.717) is 28.5 Å². The summed E-state index contributed by atoms with van der Waals surface area (Å²) in [5.74, 6) is -0.381. The number of rotatable bonds is 4. The molecule has 2 aromatic heterocycles. The Morgan fingerprint density at radius 2 is 1.93 bits per heavy atom. The van der Waals surface area contributed by atoms with Gasteiger partial charge in [-0.3, -0.25) is 9.59 Å². The Labute approximate surface area is 164 Å². The van der Waals surface area contributed by atoms with Gasteiger partial charge >= 0.3 is 0 Å². The van der Waals surface area contributed by atoms with Gasteiger partial charge in [0, 0.05) is 29.2 Å². The summed E-state index contributed by atoms with van der Waals surface area (Å²) in [6.07, 6.45) is 1.58. The second-order valence-electron chi connectivity index (χ2n) is 6.40. The smallest absolute Gasteiger partial charge is 0.276 e. The first-order chi connectivity index (χ1) is 14.0. The highest BCUT2D eigenvalue weighted by Gasteiger charge is 2.12. The van der Waals surface area contributed by atoms with Crippen molar-refractivity contribution in [2.45, 2.75) is 6.92 Å².